The third-order valence-electron chi connectivity index (χ3n) is 5.56. The summed E-state index contributed by atoms with van der Waals surface area (Å²) in [6, 6.07) is 31.4. The van der Waals surface area contributed by atoms with Gasteiger partial charge < -0.3 is 10.1 Å². The van der Waals surface area contributed by atoms with Crippen molar-refractivity contribution < 1.29 is 22.7 Å². The number of hydrogen-bond acceptors (Lipinski definition) is 2. The van der Waals surface area contributed by atoms with Crippen LogP contribution < -0.4 is 10.1 Å². The van der Waals surface area contributed by atoms with Gasteiger partial charge in [-0.2, -0.15) is 13.2 Å². The first kappa shape index (κ1) is 24.1. The lowest BCUT2D eigenvalue weighted by Crippen LogP contribution is -2.17. The number of halogens is 3. The summed E-state index contributed by atoms with van der Waals surface area (Å²) in [5, 5.41) is 2.62. The Labute approximate surface area is 202 Å². The topological polar surface area (TPSA) is 38.3 Å². The third kappa shape index (κ3) is 6.96. The number of carbonyl (C=O) groups is 1. The van der Waals surface area contributed by atoms with E-state index < -0.39 is 11.7 Å². The fourth-order valence-corrected chi connectivity index (χ4v) is 3.85. The molecule has 3 nitrogen and oxygen atoms in total. The molecule has 4 aromatic carbocycles. The monoisotopic (exact) mass is 475 g/mol. The number of hydrogen-bond donors (Lipinski definition) is 1. The molecule has 0 saturated heterocycles. The van der Waals surface area contributed by atoms with Crippen LogP contribution in [0.1, 0.15) is 29.0 Å². The molecule has 4 aromatic rings. The second-order valence-corrected chi connectivity index (χ2v) is 8.20. The standard InChI is InChI=1S/C29H24F3NO2/c30-29(31,32)24-10-7-11-25(20-24)33-28(34)19-23(18-21-8-3-1-4-9-21)22-14-16-27(17-15-22)35-26-12-5-2-6-13-26/h1-17,20,23H,18-19H2,(H,33,34). The molecule has 0 aliphatic carbocycles. The van der Waals surface area contributed by atoms with Crippen molar-refractivity contribution in [2.45, 2.75) is 24.9 Å². The number of carbonyl (C=O) groups excluding carboxylic acids is 1. The molecule has 1 N–H and O–H groups in total. The molecule has 0 radical (unpaired) electrons. The Morgan fingerprint density at radius 2 is 1.40 bits per heavy atom. The van der Waals surface area contributed by atoms with Crippen LogP contribution in [0.4, 0.5) is 18.9 Å². The van der Waals surface area contributed by atoms with Crippen LogP contribution in [-0.2, 0) is 17.4 Å². The quantitative estimate of drug-likeness (QED) is 0.282. The summed E-state index contributed by atoms with van der Waals surface area (Å²) < 4.78 is 44.9. The van der Waals surface area contributed by atoms with E-state index in [-0.39, 0.29) is 23.9 Å². The van der Waals surface area contributed by atoms with Crippen molar-refractivity contribution in [3.8, 4) is 11.5 Å². The molecule has 1 amide bonds. The Hall–Kier alpha value is -4.06. The van der Waals surface area contributed by atoms with E-state index in [2.05, 4.69) is 5.32 Å². The Morgan fingerprint density at radius 3 is 2.06 bits per heavy atom. The lowest BCUT2D eigenvalue weighted by atomic mass is 9.89. The maximum absolute atomic E-state index is 13.0. The smallest absolute Gasteiger partial charge is 0.416 e. The maximum atomic E-state index is 13.0. The summed E-state index contributed by atoms with van der Waals surface area (Å²) in [5.74, 6) is 0.872. The molecule has 0 spiro atoms. The minimum Gasteiger partial charge on any atom is -0.457 e. The Morgan fingerprint density at radius 1 is 0.771 bits per heavy atom. The number of ether oxygens (including phenoxy) is 1. The van der Waals surface area contributed by atoms with E-state index in [4.69, 9.17) is 4.74 Å². The number of nitrogens with one attached hydrogen (secondary N) is 1. The minimum absolute atomic E-state index is 0.115. The van der Waals surface area contributed by atoms with Gasteiger partial charge in [0, 0.05) is 12.1 Å². The first-order valence-electron chi connectivity index (χ1n) is 11.2. The van der Waals surface area contributed by atoms with Crippen molar-refractivity contribution in [3.05, 3.63) is 126 Å². The lowest BCUT2D eigenvalue weighted by Gasteiger charge is -2.18. The number of para-hydroxylation sites is 1. The minimum atomic E-state index is -4.47. The zero-order valence-electron chi connectivity index (χ0n) is 18.8. The molecule has 178 valence electrons. The van der Waals surface area contributed by atoms with Crippen LogP contribution in [0.5, 0.6) is 11.5 Å². The normalized spacial score (nSPS) is 12.1. The molecule has 0 bridgehead atoms. The fraction of sp³-hybridized carbons (Fsp3) is 0.138. The summed E-state index contributed by atoms with van der Waals surface area (Å²) in [6.07, 6.45) is -3.75. The van der Waals surface area contributed by atoms with E-state index in [1.807, 2.05) is 84.9 Å². The molecule has 0 heterocycles. The number of rotatable bonds is 8. The van der Waals surface area contributed by atoms with Crippen LogP contribution in [0.2, 0.25) is 0 Å². The molecule has 0 aliphatic heterocycles. The second kappa shape index (κ2) is 10.9. The van der Waals surface area contributed by atoms with Gasteiger partial charge in [-0.1, -0.05) is 66.7 Å². The second-order valence-electron chi connectivity index (χ2n) is 8.20. The average Bonchev–Trinajstić information content (AvgIpc) is 2.85. The van der Waals surface area contributed by atoms with Crippen LogP contribution >= 0.6 is 0 Å². The summed E-state index contributed by atoms with van der Waals surface area (Å²) in [7, 11) is 0. The van der Waals surface area contributed by atoms with E-state index in [9.17, 15) is 18.0 Å². The van der Waals surface area contributed by atoms with Crippen molar-refractivity contribution in [2.24, 2.45) is 0 Å². The summed E-state index contributed by atoms with van der Waals surface area (Å²) in [5.41, 5.74) is 1.32. The number of alkyl halides is 3. The summed E-state index contributed by atoms with van der Waals surface area (Å²) in [6.45, 7) is 0. The van der Waals surface area contributed by atoms with Gasteiger partial charge in [-0.3, -0.25) is 4.79 Å². The van der Waals surface area contributed by atoms with Crippen molar-refractivity contribution in [3.63, 3.8) is 0 Å². The summed E-state index contributed by atoms with van der Waals surface area (Å²) in [4.78, 5) is 12.8. The van der Waals surface area contributed by atoms with Crippen molar-refractivity contribution >= 4 is 11.6 Å². The molecule has 0 fully saturated rings. The molecule has 0 aliphatic rings. The fourth-order valence-electron chi connectivity index (χ4n) is 3.85. The Kier molecular flexibility index (Phi) is 7.51. The van der Waals surface area contributed by atoms with Crippen molar-refractivity contribution in [1.82, 2.24) is 0 Å². The van der Waals surface area contributed by atoms with E-state index in [1.165, 1.54) is 12.1 Å². The van der Waals surface area contributed by atoms with Crippen molar-refractivity contribution in [1.29, 1.82) is 0 Å². The first-order chi connectivity index (χ1) is 16.9. The lowest BCUT2D eigenvalue weighted by molar-refractivity contribution is -0.137. The Bertz CT molecular complexity index is 1240. The van der Waals surface area contributed by atoms with Crippen LogP contribution in [0.3, 0.4) is 0 Å². The SMILES string of the molecule is O=C(CC(Cc1ccccc1)c1ccc(Oc2ccccc2)cc1)Nc1cccc(C(F)(F)F)c1. The number of benzene rings is 4. The highest BCUT2D eigenvalue weighted by Crippen LogP contribution is 2.32. The molecular weight excluding hydrogens is 451 g/mol. The van der Waals surface area contributed by atoms with Gasteiger partial charge in [0.1, 0.15) is 11.5 Å². The van der Waals surface area contributed by atoms with Gasteiger partial charge in [0.25, 0.3) is 0 Å². The van der Waals surface area contributed by atoms with Crippen molar-refractivity contribution in [2.75, 3.05) is 5.32 Å². The highest BCUT2D eigenvalue weighted by Gasteiger charge is 2.30. The average molecular weight is 476 g/mol. The third-order valence-corrected chi connectivity index (χ3v) is 5.56. The molecule has 4 rings (SSSR count). The van der Waals surface area contributed by atoms with Gasteiger partial charge in [-0.15, -0.1) is 0 Å². The maximum Gasteiger partial charge on any atom is 0.416 e. The predicted octanol–water partition coefficient (Wildman–Crippen LogP) is 7.85. The zero-order valence-corrected chi connectivity index (χ0v) is 18.8. The van der Waals surface area contributed by atoms with E-state index in [1.54, 1.807) is 0 Å². The molecule has 0 saturated carbocycles. The van der Waals surface area contributed by atoms with Gasteiger partial charge in [-0.25, -0.2) is 0 Å². The van der Waals surface area contributed by atoms with Crippen LogP contribution in [0, 0.1) is 0 Å². The van der Waals surface area contributed by atoms with Gasteiger partial charge in [-0.05, 0) is 65.9 Å². The summed E-state index contributed by atoms with van der Waals surface area (Å²) >= 11 is 0. The van der Waals surface area contributed by atoms with E-state index >= 15 is 0 Å². The molecule has 1 unspecified atom stereocenters. The molecule has 35 heavy (non-hydrogen) atoms. The highest BCUT2D eigenvalue weighted by molar-refractivity contribution is 5.91. The van der Waals surface area contributed by atoms with Crippen LogP contribution in [-0.4, -0.2) is 5.91 Å². The van der Waals surface area contributed by atoms with Crippen LogP contribution in [0.15, 0.2) is 109 Å². The Balaban J connectivity index is 1.50. The number of amides is 1. The molecule has 0 aromatic heterocycles. The van der Waals surface area contributed by atoms with E-state index in [0.717, 1.165) is 29.0 Å². The predicted molar refractivity (Wildman–Crippen MR) is 131 cm³/mol. The largest absolute Gasteiger partial charge is 0.457 e. The van der Waals surface area contributed by atoms with Gasteiger partial charge in [0.2, 0.25) is 5.91 Å². The number of anilines is 1. The van der Waals surface area contributed by atoms with Crippen LogP contribution in [0.25, 0.3) is 0 Å². The molecule has 1 atom stereocenters. The van der Waals surface area contributed by atoms with Gasteiger partial charge in [0.15, 0.2) is 0 Å². The van der Waals surface area contributed by atoms with E-state index in [0.29, 0.717) is 12.2 Å². The highest BCUT2D eigenvalue weighted by atomic mass is 19.4. The van der Waals surface area contributed by atoms with Gasteiger partial charge >= 0.3 is 6.18 Å². The first-order valence-corrected chi connectivity index (χ1v) is 11.2. The zero-order chi connectivity index (χ0) is 24.7. The van der Waals surface area contributed by atoms with Gasteiger partial charge in [0.05, 0.1) is 5.56 Å². The molecule has 6 heteroatoms. The molecular formula is C29H24F3NO2.